The highest BCUT2D eigenvalue weighted by molar-refractivity contribution is 14.1. The van der Waals surface area contributed by atoms with Gasteiger partial charge in [-0.1, -0.05) is 13.8 Å². The number of carbonyl (C=O) groups is 2. The molecule has 0 aromatic heterocycles. The Kier molecular flexibility index (Phi) is 7.41. The molecule has 2 aromatic rings. The highest BCUT2D eigenvalue weighted by Crippen LogP contribution is 2.59. The van der Waals surface area contributed by atoms with E-state index in [2.05, 4.69) is 22.6 Å². The van der Waals surface area contributed by atoms with Crippen LogP contribution in [0.15, 0.2) is 18.2 Å². The first-order valence-electron chi connectivity index (χ1n) is 13.3. The predicted octanol–water partition coefficient (Wildman–Crippen LogP) is 6.88. The second-order valence-corrected chi connectivity index (χ2v) is 12.5. The summed E-state index contributed by atoms with van der Waals surface area (Å²) >= 11 is 2.18. The van der Waals surface area contributed by atoms with Gasteiger partial charge in [0.25, 0.3) is 0 Å². The van der Waals surface area contributed by atoms with Gasteiger partial charge in [-0.2, -0.15) is 0 Å². The maximum Gasteiger partial charge on any atom is 0.346 e. The van der Waals surface area contributed by atoms with Crippen molar-refractivity contribution in [3.05, 3.63) is 44.0 Å². The molecule has 0 radical (unpaired) electrons. The van der Waals surface area contributed by atoms with E-state index in [0.29, 0.717) is 40.9 Å². The summed E-state index contributed by atoms with van der Waals surface area (Å²) in [5.74, 6) is 1.24. The zero-order valence-electron chi connectivity index (χ0n) is 22.6. The monoisotopic (exact) mass is 634 g/mol. The molecule has 0 spiro atoms. The molecule has 2 aromatic carbocycles. The van der Waals surface area contributed by atoms with E-state index >= 15 is 0 Å². The average molecular weight is 635 g/mol. The second-order valence-electron chi connectivity index (χ2n) is 11.4. The average Bonchev–Trinajstić information content (AvgIpc) is 3.38. The third-order valence-electron chi connectivity index (χ3n) is 8.67. The van der Waals surface area contributed by atoms with Gasteiger partial charge in [0.1, 0.15) is 23.7 Å². The molecule has 2 saturated carbocycles. The number of fused-ring (bicyclic) bond motifs is 4. The molecule has 2 fully saturated rings. The van der Waals surface area contributed by atoms with Gasteiger partial charge in [0, 0.05) is 11.1 Å². The van der Waals surface area contributed by atoms with E-state index < -0.39 is 17.5 Å². The summed E-state index contributed by atoms with van der Waals surface area (Å²) in [5.41, 5.74) is 1.61. The number of aryl methyl sites for hydroxylation is 1. The summed E-state index contributed by atoms with van der Waals surface area (Å²) in [6, 6.07) is 5.25. The molecule has 5 rings (SSSR count). The standard InChI is InChI=1S/C30H35IO7/c1-15(2)12-21(32)20-10-11-22-23(26(20)35-5)28(33)36-14-17-13-16(3)24(31)27(25(17)37-22)38-29(34)30(4)18-6-7-19(30)9-8-18/h10-11,13,15,18-19,21,32H,6-9,12,14H2,1-5H3/t18?,19?,21-,30?/m0/s1. The second kappa shape index (κ2) is 10.3. The molecule has 38 heavy (non-hydrogen) atoms. The van der Waals surface area contributed by atoms with E-state index in [-0.39, 0.29) is 35.6 Å². The van der Waals surface area contributed by atoms with Crippen molar-refractivity contribution in [1.82, 2.24) is 0 Å². The number of esters is 2. The van der Waals surface area contributed by atoms with Crippen molar-refractivity contribution in [2.24, 2.45) is 23.2 Å². The zero-order chi connectivity index (χ0) is 27.4. The number of aliphatic hydroxyl groups excluding tert-OH is 1. The number of methoxy groups -OCH3 is 1. The Bertz CT molecular complexity index is 1260. The number of carbonyl (C=O) groups excluding carboxylic acids is 2. The molecule has 0 amide bonds. The predicted molar refractivity (Wildman–Crippen MR) is 150 cm³/mol. The van der Waals surface area contributed by atoms with Crippen molar-refractivity contribution < 1.29 is 33.6 Å². The Morgan fingerprint density at radius 3 is 2.45 bits per heavy atom. The lowest BCUT2D eigenvalue weighted by atomic mass is 9.80. The van der Waals surface area contributed by atoms with Crippen LogP contribution in [0.2, 0.25) is 0 Å². The van der Waals surface area contributed by atoms with Crippen molar-refractivity contribution in [3.8, 4) is 23.0 Å². The third kappa shape index (κ3) is 4.47. The molecular formula is C30H35IO7. The molecule has 2 bridgehead atoms. The van der Waals surface area contributed by atoms with E-state index in [9.17, 15) is 14.7 Å². The van der Waals surface area contributed by atoms with Crippen molar-refractivity contribution >= 4 is 34.5 Å². The summed E-state index contributed by atoms with van der Waals surface area (Å²) in [6.07, 6.45) is 3.93. The minimum Gasteiger partial charge on any atom is -0.495 e. The topological polar surface area (TPSA) is 91.3 Å². The largest absolute Gasteiger partial charge is 0.495 e. The van der Waals surface area contributed by atoms with E-state index in [1.165, 1.54) is 7.11 Å². The molecule has 204 valence electrons. The fourth-order valence-corrected chi connectivity index (χ4v) is 7.04. The number of benzene rings is 2. The fourth-order valence-electron chi connectivity index (χ4n) is 6.53. The lowest BCUT2D eigenvalue weighted by Gasteiger charge is -2.29. The van der Waals surface area contributed by atoms with Gasteiger partial charge in [0.2, 0.25) is 0 Å². The summed E-state index contributed by atoms with van der Waals surface area (Å²) in [6.45, 7) is 7.95. The molecule has 7 nitrogen and oxygen atoms in total. The van der Waals surface area contributed by atoms with Crippen LogP contribution in [-0.4, -0.2) is 24.2 Å². The van der Waals surface area contributed by atoms with Crippen LogP contribution in [0.4, 0.5) is 0 Å². The normalized spacial score (nSPS) is 24.6. The number of ether oxygens (including phenoxy) is 4. The lowest BCUT2D eigenvalue weighted by Crippen LogP contribution is -2.36. The molecular weight excluding hydrogens is 599 g/mol. The SMILES string of the molecule is COc1c([C@@H](O)CC(C)C)ccc2c1C(=O)OCc1cc(C)c(I)c(OC(=O)C3(C)C4CCC3CC4)c1O2. The van der Waals surface area contributed by atoms with Gasteiger partial charge in [0.05, 0.1) is 22.2 Å². The van der Waals surface area contributed by atoms with E-state index in [4.69, 9.17) is 18.9 Å². The summed E-state index contributed by atoms with van der Waals surface area (Å²) < 4.78 is 24.7. The Labute approximate surface area is 237 Å². The van der Waals surface area contributed by atoms with Crippen LogP contribution in [-0.2, 0) is 16.1 Å². The first-order valence-corrected chi connectivity index (χ1v) is 14.4. The smallest absolute Gasteiger partial charge is 0.346 e. The number of hydrogen-bond acceptors (Lipinski definition) is 7. The number of aliphatic hydroxyl groups is 1. The van der Waals surface area contributed by atoms with Gasteiger partial charge in [-0.3, -0.25) is 4.79 Å². The number of cyclic esters (lactones) is 1. The van der Waals surface area contributed by atoms with Crippen LogP contribution in [0.3, 0.4) is 0 Å². The quantitative estimate of drug-likeness (QED) is 0.211. The summed E-state index contributed by atoms with van der Waals surface area (Å²) in [7, 11) is 1.46. The van der Waals surface area contributed by atoms with Gasteiger partial charge in [-0.15, -0.1) is 0 Å². The molecule has 2 aliphatic carbocycles. The Morgan fingerprint density at radius 1 is 1.18 bits per heavy atom. The minimum atomic E-state index is -0.816. The maximum atomic E-state index is 13.7. The molecule has 1 atom stereocenters. The Balaban J connectivity index is 1.58. The first kappa shape index (κ1) is 27.2. The van der Waals surface area contributed by atoms with Crippen LogP contribution in [0, 0.1) is 33.7 Å². The minimum absolute atomic E-state index is 0.0552. The summed E-state index contributed by atoms with van der Waals surface area (Å²) in [5, 5.41) is 10.8. The van der Waals surface area contributed by atoms with Gasteiger partial charge < -0.3 is 24.1 Å². The fraction of sp³-hybridized carbons (Fsp3) is 0.533. The molecule has 3 aliphatic rings. The molecule has 0 unspecified atom stereocenters. The van der Waals surface area contributed by atoms with Crippen LogP contribution < -0.4 is 14.2 Å². The van der Waals surface area contributed by atoms with E-state index in [1.54, 1.807) is 12.1 Å². The first-order chi connectivity index (χ1) is 18.1. The number of hydrogen-bond donors (Lipinski definition) is 1. The maximum absolute atomic E-state index is 13.7. The zero-order valence-corrected chi connectivity index (χ0v) is 24.7. The van der Waals surface area contributed by atoms with Crippen molar-refractivity contribution in [3.63, 3.8) is 0 Å². The van der Waals surface area contributed by atoms with Crippen molar-refractivity contribution in [2.45, 2.75) is 72.5 Å². The highest BCUT2D eigenvalue weighted by atomic mass is 127. The van der Waals surface area contributed by atoms with Gasteiger partial charge >= 0.3 is 11.9 Å². The number of halogens is 1. The molecule has 1 aliphatic heterocycles. The van der Waals surface area contributed by atoms with E-state index in [0.717, 1.165) is 34.8 Å². The van der Waals surface area contributed by atoms with Crippen LogP contribution in [0.25, 0.3) is 0 Å². The number of rotatable bonds is 6. The van der Waals surface area contributed by atoms with Crippen molar-refractivity contribution in [1.29, 1.82) is 0 Å². The van der Waals surface area contributed by atoms with Gasteiger partial charge in [0.15, 0.2) is 11.5 Å². The van der Waals surface area contributed by atoms with Crippen molar-refractivity contribution in [2.75, 3.05) is 7.11 Å². The Hall–Kier alpha value is -2.33. The van der Waals surface area contributed by atoms with Gasteiger partial charge in [-0.05, 0) is 110 Å². The molecule has 1 N–H and O–H groups in total. The lowest BCUT2D eigenvalue weighted by molar-refractivity contribution is -0.147. The molecule has 8 heteroatoms. The van der Waals surface area contributed by atoms with Gasteiger partial charge in [-0.25, -0.2) is 4.79 Å². The van der Waals surface area contributed by atoms with E-state index in [1.807, 2.05) is 33.8 Å². The van der Waals surface area contributed by atoms with Crippen LogP contribution >= 0.6 is 22.6 Å². The third-order valence-corrected chi connectivity index (χ3v) is 10.0. The molecule has 1 heterocycles. The summed E-state index contributed by atoms with van der Waals surface area (Å²) in [4.78, 5) is 26.9. The van der Waals surface area contributed by atoms with Crippen LogP contribution in [0.1, 0.15) is 86.0 Å². The molecule has 0 saturated heterocycles. The van der Waals surface area contributed by atoms with Crippen LogP contribution in [0.5, 0.6) is 23.0 Å². The highest BCUT2D eigenvalue weighted by Gasteiger charge is 2.57. The Morgan fingerprint density at radius 2 is 1.84 bits per heavy atom.